The van der Waals surface area contributed by atoms with Crippen LogP contribution in [-0.2, 0) is 0 Å². The van der Waals surface area contributed by atoms with Gasteiger partial charge in [0.05, 0.1) is 0 Å². The molecule has 122 valence electrons. The van der Waals surface area contributed by atoms with E-state index in [4.69, 9.17) is 0 Å². The number of hydrogen-bond acceptors (Lipinski definition) is 3. The lowest BCUT2D eigenvalue weighted by Gasteiger charge is -2.28. The standard InChI is InChI=1S/C15H28N4S.HI/c1-15(2,20-4)12-17-14(16-3)19-10-7-13(11-19)18-8-5-6-9-18;/h5-6,13H,7-12H2,1-4H3,(H,16,17);1H. The van der Waals surface area contributed by atoms with Gasteiger partial charge in [0.1, 0.15) is 0 Å². The minimum Gasteiger partial charge on any atom is -0.355 e. The van der Waals surface area contributed by atoms with Gasteiger partial charge in [-0.25, -0.2) is 0 Å². The minimum atomic E-state index is 0. The van der Waals surface area contributed by atoms with Crippen LogP contribution in [0.1, 0.15) is 20.3 Å². The van der Waals surface area contributed by atoms with Crippen molar-refractivity contribution in [3.8, 4) is 0 Å². The van der Waals surface area contributed by atoms with Crippen LogP contribution in [0.3, 0.4) is 0 Å². The molecule has 0 aromatic carbocycles. The Hall–Kier alpha value is 0.0500. The first-order valence-corrected chi connectivity index (χ1v) is 8.68. The molecule has 0 saturated carbocycles. The van der Waals surface area contributed by atoms with Gasteiger partial charge < -0.3 is 10.2 Å². The van der Waals surface area contributed by atoms with Crippen LogP contribution in [0.25, 0.3) is 0 Å². The molecule has 1 atom stereocenters. The summed E-state index contributed by atoms with van der Waals surface area (Å²) >= 11 is 1.89. The number of guanidine groups is 1. The Labute approximate surface area is 150 Å². The van der Waals surface area contributed by atoms with Crippen molar-refractivity contribution in [2.24, 2.45) is 4.99 Å². The molecule has 0 radical (unpaired) electrons. The smallest absolute Gasteiger partial charge is 0.193 e. The molecule has 0 aromatic heterocycles. The lowest BCUT2D eigenvalue weighted by molar-refractivity contribution is 0.259. The molecule has 1 fully saturated rings. The second-order valence-corrected chi connectivity index (χ2v) is 7.69. The van der Waals surface area contributed by atoms with E-state index in [1.54, 1.807) is 0 Å². The van der Waals surface area contributed by atoms with E-state index in [2.05, 4.69) is 52.4 Å². The third kappa shape index (κ3) is 5.32. The topological polar surface area (TPSA) is 30.9 Å². The van der Waals surface area contributed by atoms with Crippen molar-refractivity contribution in [1.82, 2.24) is 15.1 Å². The van der Waals surface area contributed by atoms with E-state index >= 15 is 0 Å². The van der Waals surface area contributed by atoms with E-state index in [1.165, 1.54) is 6.42 Å². The first-order valence-electron chi connectivity index (χ1n) is 7.45. The van der Waals surface area contributed by atoms with E-state index < -0.39 is 0 Å². The molecule has 2 aliphatic rings. The van der Waals surface area contributed by atoms with Crippen LogP contribution in [0.2, 0.25) is 0 Å². The van der Waals surface area contributed by atoms with Crippen LogP contribution in [-0.4, -0.2) is 72.6 Å². The fraction of sp³-hybridized carbons (Fsp3) is 0.800. The fourth-order valence-electron chi connectivity index (χ4n) is 2.72. The molecule has 6 heteroatoms. The molecule has 1 unspecified atom stereocenters. The van der Waals surface area contributed by atoms with Crippen molar-refractivity contribution in [3.63, 3.8) is 0 Å². The zero-order valence-electron chi connectivity index (χ0n) is 13.6. The molecular formula is C15H29IN4S. The molecule has 2 aliphatic heterocycles. The van der Waals surface area contributed by atoms with E-state index in [0.29, 0.717) is 6.04 Å². The van der Waals surface area contributed by atoms with Crippen LogP contribution in [0.4, 0.5) is 0 Å². The largest absolute Gasteiger partial charge is 0.355 e. The summed E-state index contributed by atoms with van der Waals surface area (Å²) < 4.78 is 0.244. The Balaban J connectivity index is 0.00000220. The van der Waals surface area contributed by atoms with Gasteiger partial charge in [-0.05, 0) is 26.5 Å². The van der Waals surface area contributed by atoms with E-state index in [-0.39, 0.29) is 28.7 Å². The molecule has 2 rings (SSSR count). The summed E-state index contributed by atoms with van der Waals surface area (Å²) in [6.07, 6.45) is 7.96. The molecule has 21 heavy (non-hydrogen) atoms. The highest BCUT2D eigenvalue weighted by atomic mass is 127. The summed E-state index contributed by atoms with van der Waals surface area (Å²) in [6.45, 7) is 9.92. The van der Waals surface area contributed by atoms with E-state index in [9.17, 15) is 0 Å². The maximum atomic E-state index is 4.46. The SMILES string of the molecule is CN=C(NCC(C)(C)SC)N1CCC(N2CC=CC2)C1.I. The van der Waals surface area contributed by atoms with Gasteiger partial charge in [-0.3, -0.25) is 9.89 Å². The number of thioether (sulfide) groups is 1. The molecule has 0 aromatic rings. The van der Waals surface area contributed by atoms with Crippen LogP contribution in [0.5, 0.6) is 0 Å². The van der Waals surface area contributed by atoms with Gasteiger partial charge in [-0.2, -0.15) is 11.8 Å². The molecule has 1 N–H and O–H groups in total. The van der Waals surface area contributed by atoms with Crippen LogP contribution >= 0.6 is 35.7 Å². The van der Waals surface area contributed by atoms with Gasteiger partial charge in [0.15, 0.2) is 5.96 Å². The fourth-order valence-corrected chi connectivity index (χ4v) is 2.94. The minimum absolute atomic E-state index is 0. The molecule has 4 nitrogen and oxygen atoms in total. The average molecular weight is 424 g/mol. The molecule has 0 amide bonds. The molecule has 0 aliphatic carbocycles. The zero-order valence-corrected chi connectivity index (χ0v) is 16.8. The van der Waals surface area contributed by atoms with Crippen molar-refractivity contribution in [2.75, 3.05) is 46.0 Å². The number of nitrogens with zero attached hydrogens (tertiary/aromatic N) is 3. The number of rotatable bonds is 4. The van der Waals surface area contributed by atoms with Crippen molar-refractivity contribution >= 4 is 41.7 Å². The van der Waals surface area contributed by atoms with Crippen LogP contribution in [0, 0.1) is 0 Å². The molecule has 0 bridgehead atoms. The number of aliphatic imine (C=N–C) groups is 1. The first kappa shape index (κ1) is 19.1. The van der Waals surface area contributed by atoms with Crippen LogP contribution < -0.4 is 5.32 Å². The molecular weight excluding hydrogens is 395 g/mol. The summed E-state index contributed by atoms with van der Waals surface area (Å²) in [5.41, 5.74) is 0. The number of likely N-dealkylation sites (tertiary alicyclic amines) is 1. The van der Waals surface area contributed by atoms with Gasteiger partial charge in [0.2, 0.25) is 0 Å². The van der Waals surface area contributed by atoms with Crippen molar-refractivity contribution < 1.29 is 0 Å². The zero-order chi connectivity index (χ0) is 14.6. The predicted molar refractivity (Wildman–Crippen MR) is 105 cm³/mol. The summed E-state index contributed by atoms with van der Waals surface area (Å²) in [6, 6.07) is 0.678. The summed E-state index contributed by atoms with van der Waals surface area (Å²) in [5, 5.41) is 3.53. The van der Waals surface area contributed by atoms with Gasteiger partial charge in [0.25, 0.3) is 0 Å². The highest BCUT2D eigenvalue weighted by molar-refractivity contribution is 14.0. The lowest BCUT2D eigenvalue weighted by atomic mass is 10.2. The second kappa shape index (κ2) is 8.62. The predicted octanol–water partition coefficient (Wildman–Crippen LogP) is 2.27. The second-order valence-electron chi connectivity index (χ2n) is 6.18. The molecule has 2 heterocycles. The quantitative estimate of drug-likeness (QED) is 0.325. The normalized spacial score (nSPS) is 23.5. The molecule has 0 spiro atoms. The highest BCUT2D eigenvalue weighted by Gasteiger charge is 2.30. The van der Waals surface area contributed by atoms with Gasteiger partial charge in [-0.15, -0.1) is 24.0 Å². The van der Waals surface area contributed by atoms with Gasteiger partial charge in [0, 0.05) is 50.6 Å². The van der Waals surface area contributed by atoms with E-state index in [0.717, 1.165) is 38.7 Å². The third-order valence-corrected chi connectivity index (χ3v) is 5.51. The first-order chi connectivity index (χ1) is 9.55. The maximum absolute atomic E-state index is 4.46. The Morgan fingerprint density at radius 3 is 2.62 bits per heavy atom. The van der Waals surface area contributed by atoms with Crippen molar-refractivity contribution in [1.29, 1.82) is 0 Å². The number of nitrogens with one attached hydrogen (secondary N) is 1. The van der Waals surface area contributed by atoms with Crippen LogP contribution in [0.15, 0.2) is 17.1 Å². The van der Waals surface area contributed by atoms with Crippen molar-refractivity contribution in [2.45, 2.75) is 31.1 Å². The maximum Gasteiger partial charge on any atom is 0.193 e. The Morgan fingerprint density at radius 1 is 1.38 bits per heavy atom. The Kier molecular flexibility index (Phi) is 7.84. The number of halogens is 1. The monoisotopic (exact) mass is 424 g/mol. The summed E-state index contributed by atoms with van der Waals surface area (Å²) in [5.74, 6) is 1.06. The third-order valence-electron chi connectivity index (χ3n) is 4.26. The van der Waals surface area contributed by atoms with E-state index in [1.807, 2.05) is 18.8 Å². The van der Waals surface area contributed by atoms with Gasteiger partial charge in [-0.1, -0.05) is 12.2 Å². The lowest BCUT2D eigenvalue weighted by Crippen LogP contribution is -2.46. The summed E-state index contributed by atoms with van der Waals surface area (Å²) in [7, 11) is 1.89. The molecule has 1 saturated heterocycles. The summed E-state index contributed by atoms with van der Waals surface area (Å²) in [4.78, 5) is 9.41. The average Bonchev–Trinajstić information content (AvgIpc) is 3.10. The van der Waals surface area contributed by atoms with Crippen molar-refractivity contribution in [3.05, 3.63) is 12.2 Å². The highest BCUT2D eigenvalue weighted by Crippen LogP contribution is 2.21. The Morgan fingerprint density at radius 2 is 2.05 bits per heavy atom. The van der Waals surface area contributed by atoms with Gasteiger partial charge >= 0.3 is 0 Å². The number of hydrogen-bond donors (Lipinski definition) is 1. The Bertz CT molecular complexity index is 376.